The quantitative estimate of drug-likeness (QED) is 0.664. The zero-order chi connectivity index (χ0) is 20.1. The predicted molar refractivity (Wildman–Crippen MR) is 107 cm³/mol. The molecule has 144 valence electrons. The van der Waals surface area contributed by atoms with Crippen molar-refractivity contribution in [1.29, 1.82) is 0 Å². The van der Waals surface area contributed by atoms with E-state index in [0.29, 0.717) is 17.1 Å². The molecule has 0 saturated heterocycles. The third-order valence-electron chi connectivity index (χ3n) is 4.00. The Hall–Kier alpha value is -3.61. The van der Waals surface area contributed by atoms with E-state index in [2.05, 4.69) is 5.10 Å². The summed E-state index contributed by atoms with van der Waals surface area (Å²) in [6.45, 7) is 2.07. The van der Waals surface area contributed by atoms with E-state index in [0.717, 1.165) is 15.8 Å². The molecule has 7 heteroatoms. The molecule has 0 amide bonds. The van der Waals surface area contributed by atoms with Crippen LogP contribution in [-0.2, 0) is 6.61 Å². The highest BCUT2D eigenvalue weighted by Gasteiger charge is 2.06. The van der Waals surface area contributed by atoms with Crippen molar-refractivity contribution in [3.63, 3.8) is 0 Å². The number of aryl methyl sites for hydroxylation is 1. The van der Waals surface area contributed by atoms with Gasteiger partial charge >= 0.3 is 0 Å². The minimum absolute atomic E-state index is 0.257. The zero-order valence-corrected chi connectivity index (χ0v) is 15.6. The first-order valence-corrected chi connectivity index (χ1v) is 8.55. The maximum Gasteiger partial charge on any atom is 0.273 e. The number of benzene rings is 2. The molecule has 0 aliphatic rings. The van der Waals surface area contributed by atoms with Gasteiger partial charge < -0.3 is 15.2 Å². The summed E-state index contributed by atoms with van der Waals surface area (Å²) >= 11 is 0. The number of pyridine rings is 1. The summed E-state index contributed by atoms with van der Waals surface area (Å²) in [5, 5.41) is 4.15. The van der Waals surface area contributed by atoms with Crippen molar-refractivity contribution in [1.82, 2.24) is 4.68 Å². The Balaban J connectivity index is 1.77. The molecule has 0 radical (unpaired) electrons. The van der Waals surface area contributed by atoms with Crippen molar-refractivity contribution in [2.24, 2.45) is 5.10 Å². The molecule has 3 rings (SSSR count). The maximum absolute atomic E-state index is 13.0. The molecule has 2 N–H and O–H groups in total. The lowest BCUT2D eigenvalue weighted by molar-refractivity contribution is 0.284. The van der Waals surface area contributed by atoms with E-state index in [4.69, 9.17) is 15.2 Å². The first-order chi connectivity index (χ1) is 13.5. The van der Waals surface area contributed by atoms with Gasteiger partial charge in [-0.2, -0.15) is 9.78 Å². The Bertz CT molecular complexity index is 1060. The number of aromatic nitrogens is 1. The Morgan fingerprint density at radius 1 is 1.11 bits per heavy atom. The van der Waals surface area contributed by atoms with Crippen LogP contribution >= 0.6 is 0 Å². The lowest BCUT2D eigenvalue weighted by atomic mass is 10.2. The highest BCUT2D eigenvalue weighted by atomic mass is 19.1. The molecule has 0 aliphatic carbocycles. The highest BCUT2D eigenvalue weighted by molar-refractivity contribution is 5.81. The van der Waals surface area contributed by atoms with Gasteiger partial charge in [-0.15, -0.1) is 0 Å². The molecule has 3 aromatic rings. The van der Waals surface area contributed by atoms with E-state index in [1.807, 2.05) is 0 Å². The molecule has 0 bridgehead atoms. The van der Waals surface area contributed by atoms with Gasteiger partial charge in [-0.1, -0.05) is 12.1 Å². The van der Waals surface area contributed by atoms with Gasteiger partial charge in [0.25, 0.3) is 5.56 Å². The summed E-state index contributed by atoms with van der Waals surface area (Å²) in [5.74, 6) is 1.01. The molecule has 6 nitrogen and oxygen atoms in total. The van der Waals surface area contributed by atoms with Crippen molar-refractivity contribution in [2.45, 2.75) is 13.5 Å². The molecule has 1 aromatic heterocycles. The number of nitrogens with two attached hydrogens (primary N) is 1. The topological polar surface area (TPSA) is 78.8 Å². The van der Waals surface area contributed by atoms with Crippen LogP contribution in [0, 0.1) is 12.7 Å². The molecule has 0 spiro atoms. The number of rotatable bonds is 6. The smallest absolute Gasteiger partial charge is 0.273 e. The number of halogens is 1. The van der Waals surface area contributed by atoms with Gasteiger partial charge in [0.15, 0.2) is 11.5 Å². The molecule has 0 aliphatic heterocycles. The van der Waals surface area contributed by atoms with Crippen molar-refractivity contribution in [3.05, 3.63) is 87.5 Å². The molecule has 1 heterocycles. The highest BCUT2D eigenvalue weighted by Crippen LogP contribution is 2.28. The van der Waals surface area contributed by atoms with Crippen LogP contribution in [0.15, 0.2) is 64.5 Å². The lowest BCUT2D eigenvalue weighted by Gasteiger charge is -2.11. The first kappa shape index (κ1) is 19.2. The van der Waals surface area contributed by atoms with Crippen LogP contribution in [0.2, 0.25) is 0 Å². The van der Waals surface area contributed by atoms with Crippen LogP contribution in [0.3, 0.4) is 0 Å². The van der Waals surface area contributed by atoms with E-state index >= 15 is 0 Å². The Morgan fingerprint density at radius 3 is 2.54 bits per heavy atom. The van der Waals surface area contributed by atoms with Gasteiger partial charge in [0.2, 0.25) is 0 Å². The number of nitrogens with zero attached hydrogens (tertiary/aromatic N) is 2. The van der Waals surface area contributed by atoms with Crippen LogP contribution in [-0.4, -0.2) is 18.0 Å². The van der Waals surface area contributed by atoms with E-state index in [9.17, 15) is 9.18 Å². The van der Waals surface area contributed by atoms with E-state index in [1.165, 1.54) is 31.5 Å². The van der Waals surface area contributed by atoms with Crippen LogP contribution < -0.4 is 20.8 Å². The summed E-state index contributed by atoms with van der Waals surface area (Å²) in [6, 6.07) is 14.5. The average Bonchev–Trinajstić information content (AvgIpc) is 2.67. The number of nitrogen functional groups attached to an aromatic ring is 1. The van der Waals surface area contributed by atoms with Gasteiger partial charge in [-0.05, 0) is 60.0 Å². The third kappa shape index (κ3) is 4.56. The van der Waals surface area contributed by atoms with Crippen LogP contribution in [0.4, 0.5) is 10.2 Å². The fourth-order valence-corrected chi connectivity index (χ4v) is 2.59. The monoisotopic (exact) mass is 381 g/mol. The predicted octanol–water partition coefficient (Wildman–Crippen LogP) is 3.35. The van der Waals surface area contributed by atoms with Crippen LogP contribution in [0.25, 0.3) is 0 Å². The lowest BCUT2D eigenvalue weighted by Crippen LogP contribution is -2.19. The summed E-state index contributed by atoms with van der Waals surface area (Å²) in [4.78, 5) is 12.0. The van der Waals surface area contributed by atoms with E-state index in [1.54, 1.807) is 43.3 Å². The van der Waals surface area contributed by atoms with Crippen LogP contribution in [0.1, 0.15) is 16.7 Å². The largest absolute Gasteiger partial charge is 0.493 e. The number of hydrogen-bond acceptors (Lipinski definition) is 5. The maximum atomic E-state index is 13.0. The van der Waals surface area contributed by atoms with Gasteiger partial charge in [0, 0.05) is 6.07 Å². The molecule has 0 saturated carbocycles. The summed E-state index contributed by atoms with van der Waals surface area (Å²) < 4.78 is 25.2. The van der Waals surface area contributed by atoms with Crippen molar-refractivity contribution < 1.29 is 13.9 Å². The minimum atomic E-state index is -0.306. The molecule has 0 fully saturated rings. The summed E-state index contributed by atoms with van der Waals surface area (Å²) in [5.41, 5.74) is 7.87. The van der Waals surface area contributed by atoms with Gasteiger partial charge in [0.05, 0.1) is 13.3 Å². The number of anilines is 1. The standard InChI is InChI=1S/C21H20FN3O3/c1-14-9-20(23)25(21(26)10-14)24-12-16-5-8-18(19(11-16)27-2)28-13-15-3-6-17(22)7-4-15/h3-12H,13,23H2,1-2H3/b24-12-. The SMILES string of the molecule is COc1cc(/C=N\n2c(N)cc(C)cc2=O)ccc1OCc1ccc(F)cc1. The zero-order valence-electron chi connectivity index (χ0n) is 15.6. The molecule has 28 heavy (non-hydrogen) atoms. The van der Waals surface area contributed by atoms with Crippen molar-refractivity contribution in [3.8, 4) is 11.5 Å². The Morgan fingerprint density at radius 2 is 1.86 bits per heavy atom. The van der Waals surface area contributed by atoms with Crippen LogP contribution in [0.5, 0.6) is 11.5 Å². The Labute approximate surface area is 161 Å². The van der Waals surface area contributed by atoms with Crippen molar-refractivity contribution in [2.75, 3.05) is 12.8 Å². The normalized spacial score (nSPS) is 11.0. The minimum Gasteiger partial charge on any atom is -0.493 e. The number of ether oxygens (including phenoxy) is 2. The third-order valence-corrected chi connectivity index (χ3v) is 4.00. The number of methoxy groups -OCH3 is 1. The summed E-state index contributed by atoms with van der Waals surface area (Å²) in [7, 11) is 1.53. The van der Waals surface area contributed by atoms with E-state index < -0.39 is 0 Å². The molecular weight excluding hydrogens is 361 g/mol. The van der Waals surface area contributed by atoms with Gasteiger partial charge in [0.1, 0.15) is 18.2 Å². The van der Waals surface area contributed by atoms with Gasteiger partial charge in [-0.25, -0.2) is 4.39 Å². The molecular formula is C21H20FN3O3. The average molecular weight is 381 g/mol. The second-order valence-electron chi connectivity index (χ2n) is 6.18. The first-order valence-electron chi connectivity index (χ1n) is 8.55. The van der Waals surface area contributed by atoms with E-state index in [-0.39, 0.29) is 23.8 Å². The van der Waals surface area contributed by atoms with Gasteiger partial charge in [-0.3, -0.25) is 4.79 Å². The second-order valence-corrected chi connectivity index (χ2v) is 6.18. The molecule has 0 unspecified atom stereocenters. The fraction of sp³-hybridized carbons (Fsp3) is 0.143. The number of hydrogen-bond donors (Lipinski definition) is 1. The Kier molecular flexibility index (Phi) is 5.74. The summed E-state index contributed by atoms with van der Waals surface area (Å²) in [6.07, 6.45) is 1.51. The second kappa shape index (κ2) is 8.39. The molecule has 2 aromatic carbocycles. The fourth-order valence-electron chi connectivity index (χ4n) is 2.59. The molecule has 0 atom stereocenters. The van der Waals surface area contributed by atoms with Crippen molar-refractivity contribution >= 4 is 12.0 Å².